The molecule has 1 aromatic rings. The minimum Gasteiger partial charge on any atom is -0.438 e. The van der Waals surface area contributed by atoms with E-state index in [-0.39, 0.29) is 24.6 Å². The second kappa shape index (κ2) is 9.06. The molecule has 1 rings (SSSR count). The zero-order valence-corrected chi connectivity index (χ0v) is 13.8. The van der Waals surface area contributed by atoms with Gasteiger partial charge in [0.25, 0.3) is 0 Å². The summed E-state index contributed by atoms with van der Waals surface area (Å²) in [6, 6.07) is 6.36. The van der Waals surface area contributed by atoms with Crippen LogP contribution in [0.4, 0.5) is 4.79 Å². The molecule has 0 aromatic heterocycles. The number of sulfonamides is 1. The molecular weight excluding hydrogens is 322 g/mol. The molecule has 0 aliphatic rings. The molecular formula is C15H19NO6S. The number of carbonyl (C=O) groups excluding carboxylic acids is 2. The molecule has 23 heavy (non-hydrogen) atoms. The third kappa shape index (κ3) is 5.84. The molecule has 0 unspecified atom stereocenters. The Labute approximate surface area is 135 Å². The lowest BCUT2D eigenvalue weighted by atomic mass is 10.2. The van der Waals surface area contributed by atoms with Gasteiger partial charge in [-0.2, -0.15) is 4.31 Å². The van der Waals surface area contributed by atoms with Gasteiger partial charge in [-0.1, -0.05) is 23.8 Å². The highest BCUT2D eigenvalue weighted by Gasteiger charge is 2.22. The van der Waals surface area contributed by atoms with Gasteiger partial charge in [-0.3, -0.25) is 0 Å². The van der Waals surface area contributed by atoms with E-state index in [1.807, 2.05) is 6.92 Å². The molecule has 1 aromatic carbocycles. The fourth-order valence-electron chi connectivity index (χ4n) is 1.65. The number of methoxy groups -OCH3 is 1. The van der Waals surface area contributed by atoms with Gasteiger partial charge in [-0.05, 0) is 25.1 Å². The normalized spacial score (nSPS) is 11.6. The highest BCUT2D eigenvalue weighted by atomic mass is 32.2. The summed E-state index contributed by atoms with van der Waals surface area (Å²) >= 11 is 0. The maximum absolute atomic E-state index is 12.5. The highest BCUT2D eigenvalue weighted by Crippen LogP contribution is 2.15. The van der Waals surface area contributed by atoms with E-state index < -0.39 is 16.2 Å². The van der Waals surface area contributed by atoms with Gasteiger partial charge in [0, 0.05) is 6.54 Å². The van der Waals surface area contributed by atoms with Crippen LogP contribution in [-0.4, -0.2) is 52.0 Å². The quantitative estimate of drug-likeness (QED) is 0.405. The van der Waals surface area contributed by atoms with Gasteiger partial charge in [-0.15, -0.1) is 0 Å². The van der Waals surface area contributed by atoms with Crippen LogP contribution in [0.1, 0.15) is 5.56 Å². The van der Waals surface area contributed by atoms with Crippen LogP contribution < -0.4 is 0 Å². The van der Waals surface area contributed by atoms with Gasteiger partial charge in [0.2, 0.25) is 10.0 Å². The van der Waals surface area contributed by atoms with Gasteiger partial charge >= 0.3 is 6.16 Å². The number of benzene rings is 1. The second-order valence-corrected chi connectivity index (χ2v) is 6.48. The average molecular weight is 341 g/mol. The third-order valence-corrected chi connectivity index (χ3v) is 4.72. The molecule has 0 aliphatic heterocycles. The van der Waals surface area contributed by atoms with Gasteiger partial charge in [0.15, 0.2) is 0 Å². The van der Waals surface area contributed by atoms with Crippen LogP contribution >= 0.6 is 0 Å². The topological polar surface area (TPSA) is 90.0 Å². The van der Waals surface area contributed by atoms with Gasteiger partial charge < -0.3 is 14.3 Å². The number of aryl methyl sites for hydroxylation is 1. The lowest BCUT2D eigenvalue weighted by Crippen LogP contribution is -2.33. The van der Waals surface area contributed by atoms with Crippen molar-refractivity contribution in [3.63, 3.8) is 0 Å². The van der Waals surface area contributed by atoms with Crippen molar-refractivity contribution in [3.05, 3.63) is 42.0 Å². The molecule has 0 saturated carbocycles. The van der Waals surface area contributed by atoms with Crippen LogP contribution in [0, 0.1) is 6.92 Å². The molecule has 0 saturated heterocycles. The Morgan fingerprint density at radius 2 is 1.83 bits per heavy atom. The molecule has 0 fully saturated rings. The molecule has 0 radical (unpaired) electrons. The van der Waals surface area contributed by atoms with Crippen molar-refractivity contribution >= 4 is 22.5 Å². The monoisotopic (exact) mass is 341 g/mol. The number of nitrogens with zero attached hydrogens (tertiary/aromatic N) is 1. The fraction of sp³-hybridized carbons (Fsp3) is 0.333. The molecule has 126 valence electrons. The Hall–Kier alpha value is -2.19. The smallest absolute Gasteiger partial charge is 0.438 e. The summed E-state index contributed by atoms with van der Waals surface area (Å²) in [5.41, 5.74) is 0.936. The predicted molar refractivity (Wildman–Crippen MR) is 83.5 cm³/mol. The molecule has 0 bridgehead atoms. The molecule has 8 heteroatoms. The summed E-state index contributed by atoms with van der Waals surface area (Å²) in [4.78, 5) is 21.6. The second-order valence-electron chi connectivity index (χ2n) is 4.54. The Morgan fingerprint density at radius 3 is 2.39 bits per heavy atom. The number of ether oxygens (including phenoxy) is 2. The lowest BCUT2D eigenvalue weighted by molar-refractivity contribution is -0.108. The molecule has 0 spiro atoms. The first-order valence-corrected chi connectivity index (χ1v) is 8.22. The van der Waals surface area contributed by atoms with E-state index in [4.69, 9.17) is 0 Å². The Balaban J connectivity index is 2.76. The highest BCUT2D eigenvalue weighted by molar-refractivity contribution is 7.89. The van der Waals surface area contributed by atoms with E-state index in [1.165, 1.54) is 31.4 Å². The Kier molecular flexibility index (Phi) is 7.43. The number of hydrogen-bond acceptors (Lipinski definition) is 6. The number of carbonyl (C=O) groups is 2. The molecule has 0 N–H and O–H groups in total. The molecule has 0 atom stereocenters. The predicted octanol–water partition coefficient (Wildman–Crippen LogP) is 1.52. The van der Waals surface area contributed by atoms with Crippen molar-refractivity contribution in [1.82, 2.24) is 4.31 Å². The summed E-state index contributed by atoms with van der Waals surface area (Å²) in [6.07, 6.45) is 2.66. The summed E-state index contributed by atoms with van der Waals surface area (Å²) in [5.74, 6) is 0. The van der Waals surface area contributed by atoms with E-state index in [0.717, 1.165) is 9.87 Å². The maximum atomic E-state index is 12.5. The van der Waals surface area contributed by atoms with Crippen molar-refractivity contribution in [1.29, 1.82) is 0 Å². The first kappa shape index (κ1) is 18.9. The van der Waals surface area contributed by atoms with E-state index in [0.29, 0.717) is 6.29 Å². The van der Waals surface area contributed by atoms with Crippen LogP contribution in [0.25, 0.3) is 0 Å². The van der Waals surface area contributed by atoms with Crippen molar-refractivity contribution < 1.29 is 27.5 Å². The van der Waals surface area contributed by atoms with E-state index in [2.05, 4.69) is 9.47 Å². The van der Waals surface area contributed by atoms with Crippen molar-refractivity contribution in [3.8, 4) is 0 Å². The van der Waals surface area contributed by atoms with Gasteiger partial charge in [0.05, 0.1) is 18.6 Å². The number of aldehydes is 1. The van der Waals surface area contributed by atoms with Crippen LogP contribution in [0.3, 0.4) is 0 Å². The van der Waals surface area contributed by atoms with Crippen LogP contribution in [0.15, 0.2) is 41.3 Å². The zero-order valence-electron chi connectivity index (χ0n) is 13.0. The van der Waals surface area contributed by atoms with Crippen LogP contribution in [-0.2, 0) is 24.3 Å². The summed E-state index contributed by atoms with van der Waals surface area (Å²) in [7, 11) is -2.58. The summed E-state index contributed by atoms with van der Waals surface area (Å²) in [6.45, 7) is 1.52. The molecule has 0 heterocycles. The summed E-state index contributed by atoms with van der Waals surface area (Å²) in [5, 5.41) is 0. The minimum absolute atomic E-state index is 0.0144. The van der Waals surface area contributed by atoms with Gasteiger partial charge in [0.1, 0.15) is 12.9 Å². The standard InChI is InChI=1S/C15H19NO6S/c1-13-5-7-14(8-6-13)23(19,20)16(10-11-17)9-3-4-12-22-15(18)21-2/h3-8,11H,9-10,12H2,1-2H3/b4-3-. The first-order chi connectivity index (χ1) is 10.9. The van der Waals surface area contributed by atoms with Crippen LogP contribution in [0.2, 0.25) is 0 Å². The fourth-order valence-corrected chi connectivity index (χ4v) is 2.97. The Morgan fingerprint density at radius 1 is 1.17 bits per heavy atom. The Bertz CT molecular complexity index is 651. The average Bonchev–Trinajstić information content (AvgIpc) is 2.53. The van der Waals surface area contributed by atoms with E-state index >= 15 is 0 Å². The first-order valence-electron chi connectivity index (χ1n) is 6.78. The van der Waals surface area contributed by atoms with Crippen molar-refractivity contribution in [2.75, 3.05) is 26.8 Å². The van der Waals surface area contributed by atoms with E-state index in [9.17, 15) is 18.0 Å². The van der Waals surface area contributed by atoms with Crippen molar-refractivity contribution in [2.24, 2.45) is 0 Å². The molecule has 7 nitrogen and oxygen atoms in total. The lowest BCUT2D eigenvalue weighted by Gasteiger charge is -2.18. The molecule has 0 aliphatic carbocycles. The van der Waals surface area contributed by atoms with Crippen molar-refractivity contribution in [2.45, 2.75) is 11.8 Å². The number of hydrogen-bond donors (Lipinski definition) is 0. The largest absolute Gasteiger partial charge is 0.508 e. The number of rotatable bonds is 8. The van der Waals surface area contributed by atoms with Crippen LogP contribution in [0.5, 0.6) is 0 Å². The minimum atomic E-state index is -3.77. The zero-order chi connectivity index (χ0) is 17.3. The van der Waals surface area contributed by atoms with Gasteiger partial charge in [-0.25, -0.2) is 13.2 Å². The third-order valence-electron chi connectivity index (χ3n) is 2.88. The SMILES string of the molecule is COC(=O)OC/C=C\CN(CC=O)S(=O)(=O)c1ccc(C)cc1. The molecule has 0 amide bonds. The summed E-state index contributed by atoms with van der Waals surface area (Å²) < 4.78 is 34.9. The van der Waals surface area contributed by atoms with E-state index in [1.54, 1.807) is 12.1 Å². The maximum Gasteiger partial charge on any atom is 0.508 e.